The van der Waals surface area contributed by atoms with Crippen LogP contribution in [0.1, 0.15) is 0 Å². The quantitative estimate of drug-likeness (QED) is 0.196. The van der Waals surface area contributed by atoms with Crippen LogP contribution in [0.25, 0.3) is 44.4 Å². The highest BCUT2D eigenvalue weighted by Crippen LogP contribution is 2.38. The molecule has 7 rings (SSSR count). The predicted molar refractivity (Wildman–Crippen MR) is 170 cm³/mol. The van der Waals surface area contributed by atoms with Gasteiger partial charge in [-0.1, -0.05) is 72.8 Å². The summed E-state index contributed by atoms with van der Waals surface area (Å²) in [5, 5.41) is 0. The molecule has 0 N–H and O–H groups in total. The Morgan fingerprint density at radius 1 is 0.455 bits per heavy atom. The Kier molecular flexibility index (Phi) is 7.08. The summed E-state index contributed by atoms with van der Waals surface area (Å²) < 4.78 is 42.2. The third-order valence-corrected chi connectivity index (χ3v) is 7.44. The van der Waals surface area contributed by atoms with Crippen LogP contribution in [0.5, 0.6) is 0 Å². The molecular formula is C38H24F3N3. The molecule has 0 saturated heterocycles. The summed E-state index contributed by atoms with van der Waals surface area (Å²) >= 11 is 0. The minimum absolute atomic E-state index is 0.373. The van der Waals surface area contributed by atoms with Gasteiger partial charge in [-0.3, -0.25) is 9.88 Å². The zero-order chi connectivity index (χ0) is 30.0. The van der Waals surface area contributed by atoms with Gasteiger partial charge in [-0.15, -0.1) is 0 Å². The van der Waals surface area contributed by atoms with Crippen molar-refractivity contribution in [2.75, 3.05) is 4.90 Å². The highest BCUT2D eigenvalue weighted by atomic mass is 19.1. The molecule has 0 aliphatic rings. The van der Waals surface area contributed by atoms with Crippen molar-refractivity contribution in [3.05, 3.63) is 163 Å². The van der Waals surface area contributed by atoms with Crippen LogP contribution in [0.3, 0.4) is 0 Å². The average molecular weight is 580 g/mol. The van der Waals surface area contributed by atoms with Gasteiger partial charge in [0.05, 0.1) is 17.2 Å². The topological polar surface area (TPSA) is 29.0 Å². The fourth-order valence-electron chi connectivity index (χ4n) is 5.40. The van der Waals surface area contributed by atoms with Crippen molar-refractivity contribution in [3.63, 3.8) is 0 Å². The third-order valence-electron chi connectivity index (χ3n) is 7.44. The van der Waals surface area contributed by atoms with E-state index in [9.17, 15) is 13.2 Å². The molecular weight excluding hydrogens is 555 g/mol. The zero-order valence-electron chi connectivity index (χ0n) is 23.3. The van der Waals surface area contributed by atoms with E-state index in [1.165, 1.54) is 24.3 Å². The SMILES string of the molecule is Fc1ccc(N(c2cccc(-c3cc(F)cc(F)c3)c2)c2cnc3cc(-c4ccccc4)cc(-c4ccccc4)c3n2)cc1. The predicted octanol–water partition coefficient (Wildman–Crippen LogP) is 10.5. The first-order valence-electron chi connectivity index (χ1n) is 14.1. The Labute approximate surface area is 252 Å². The van der Waals surface area contributed by atoms with Gasteiger partial charge in [0.2, 0.25) is 0 Å². The summed E-state index contributed by atoms with van der Waals surface area (Å²) in [7, 11) is 0. The summed E-state index contributed by atoms with van der Waals surface area (Å²) in [6.45, 7) is 0. The molecule has 0 aliphatic carbocycles. The smallest absolute Gasteiger partial charge is 0.156 e. The van der Waals surface area contributed by atoms with E-state index in [4.69, 9.17) is 9.97 Å². The molecule has 0 saturated carbocycles. The van der Waals surface area contributed by atoms with Gasteiger partial charge < -0.3 is 0 Å². The molecule has 7 aromatic rings. The second-order valence-corrected chi connectivity index (χ2v) is 10.4. The van der Waals surface area contributed by atoms with E-state index >= 15 is 0 Å². The molecule has 3 nitrogen and oxygen atoms in total. The normalized spacial score (nSPS) is 11.1. The Bertz CT molecular complexity index is 2080. The number of halogens is 3. The van der Waals surface area contributed by atoms with Gasteiger partial charge in [-0.2, -0.15) is 0 Å². The molecule has 0 bridgehead atoms. The van der Waals surface area contributed by atoms with Gasteiger partial charge in [0.15, 0.2) is 5.82 Å². The first-order valence-corrected chi connectivity index (χ1v) is 14.1. The Morgan fingerprint density at radius 2 is 1.09 bits per heavy atom. The zero-order valence-corrected chi connectivity index (χ0v) is 23.3. The van der Waals surface area contributed by atoms with E-state index < -0.39 is 11.6 Å². The van der Waals surface area contributed by atoms with Crippen LogP contribution in [0.2, 0.25) is 0 Å². The molecule has 212 valence electrons. The van der Waals surface area contributed by atoms with Crippen molar-refractivity contribution in [2.24, 2.45) is 0 Å². The minimum atomic E-state index is -0.662. The van der Waals surface area contributed by atoms with Crippen molar-refractivity contribution >= 4 is 28.2 Å². The second-order valence-electron chi connectivity index (χ2n) is 10.4. The molecule has 6 aromatic carbocycles. The van der Waals surface area contributed by atoms with E-state index in [2.05, 4.69) is 18.2 Å². The molecule has 0 unspecified atom stereocenters. The lowest BCUT2D eigenvalue weighted by atomic mass is 9.97. The van der Waals surface area contributed by atoms with Crippen molar-refractivity contribution in [1.82, 2.24) is 9.97 Å². The lowest BCUT2D eigenvalue weighted by molar-refractivity contribution is 0.584. The van der Waals surface area contributed by atoms with Crippen LogP contribution in [0, 0.1) is 17.5 Å². The van der Waals surface area contributed by atoms with Crippen LogP contribution < -0.4 is 4.90 Å². The summed E-state index contributed by atoms with van der Waals surface area (Å²) in [6.07, 6.45) is 1.68. The van der Waals surface area contributed by atoms with Crippen molar-refractivity contribution < 1.29 is 13.2 Å². The fourth-order valence-corrected chi connectivity index (χ4v) is 5.40. The Morgan fingerprint density at radius 3 is 1.80 bits per heavy atom. The maximum atomic E-state index is 14.1. The molecule has 6 heteroatoms. The molecule has 1 aromatic heterocycles. The van der Waals surface area contributed by atoms with Gasteiger partial charge in [0.25, 0.3) is 0 Å². The van der Waals surface area contributed by atoms with Crippen molar-refractivity contribution in [2.45, 2.75) is 0 Å². The largest absolute Gasteiger partial charge is 0.294 e. The summed E-state index contributed by atoms with van der Waals surface area (Å²) in [5.74, 6) is -1.20. The molecule has 0 spiro atoms. The average Bonchev–Trinajstić information content (AvgIpc) is 3.06. The number of benzene rings is 6. The van der Waals surface area contributed by atoms with E-state index in [1.807, 2.05) is 71.6 Å². The third kappa shape index (κ3) is 5.41. The number of aromatic nitrogens is 2. The maximum Gasteiger partial charge on any atom is 0.156 e. The molecule has 1 heterocycles. The lowest BCUT2D eigenvalue weighted by Crippen LogP contribution is -2.12. The Balaban J connectivity index is 1.43. The van der Waals surface area contributed by atoms with Gasteiger partial charge >= 0.3 is 0 Å². The van der Waals surface area contributed by atoms with Crippen LogP contribution in [-0.4, -0.2) is 9.97 Å². The second kappa shape index (κ2) is 11.5. The number of rotatable bonds is 6. The standard InChI is InChI=1S/C38H24F3N3/c39-30-14-16-33(17-15-30)44(34-13-7-12-27(20-34)28-18-31(40)23-32(41)19-28)37-24-42-36-22-29(25-8-3-1-4-9-25)21-35(38(36)43-37)26-10-5-2-6-11-26/h1-24H. The molecule has 0 fully saturated rings. The fraction of sp³-hybridized carbons (Fsp3) is 0. The summed E-state index contributed by atoms with van der Waals surface area (Å²) in [6, 6.07) is 41.0. The monoisotopic (exact) mass is 579 g/mol. The molecule has 0 amide bonds. The number of nitrogens with zero attached hydrogens (tertiary/aromatic N) is 3. The molecule has 0 radical (unpaired) electrons. The van der Waals surface area contributed by atoms with E-state index in [0.29, 0.717) is 33.8 Å². The van der Waals surface area contributed by atoms with Gasteiger partial charge in [-0.05, 0) is 88.5 Å². The summed E-state index contributed by atoms with van der Waals surface area (Å²) in [5.41, 5.74) is 7.72. The van der Waals surface area contributed by atoms with E-state index in [0.717, 1.165) is 33.8 Å². The number of hydrogen-bond donors (Lipinski definition) is 0. The number of anilines is 3. The highest BCUT2D eigenvalue weighted by Gasteiger charge is 2.18. The summed E-state index contributed by atoms with van der Waals surface area (Å²) in [4.78, 5) is 11.9. The molecule has 0 aliphatic heterocycles. The highest BCUT2D eigenvalue weighted by molar-refractivity contribution is 5.96. The molecule has 0 atom stereocenters. The van der Waals surface area contributed by atoms with Crippen molar-refractivity contribution in [1.29, 1.82) is 0 Å². The molecule has 44 heavy (non-hydrogen) atoms. The van der Waals surface area contributed by atoms with Gasteiger partial charge in [0, 0.05) is 23.0 Å². The first kappa shape index (κ1) is 27.1. The first-order chi connectivity index (χ1) is 21.5. The van der Waals surface area contributed by atoms with Gasteiger partial charge in [-0.25, -0.2) is 18.2 Å². The van der Waals surface area contributed by atoms with Crippen LogP contribution in [-0.2, 0) is 0 Å². The lowest BCUT2D eigenvalue weighted by Gasteiger charge is -2.25. The van der Waals surface area contributed by atoms with Crippen molar-refractivity contribution in [3.8, 4) is 33.4 Å². The maximum absolute atomic E-state index is 14.1. The number of hydrogen-bond acceptors (Lipinski definition) is 3. The number of fused-ring (bicyclic) bond motifs is 1. The van der Waals surface area contributed by atoms with Gasteiger partial charge in [0.1, 0.15) is 17.5 Å². The van der Waals surface area contributed by atoms with E-state index in [-0.39, 0.29) is 5.82 Å². The van der Waals surface area contributed by atoms with Crippen LogP contribution in [0.4, 0.5) is 30.4 Å². The van der Waals surface area contributed by atoms with E-state index in [1.54, 1.807) is 30.5 Å². The van der Waals surface area contributed by atoms with Crippen LogP contribution >= 0.6 is 0 Å². The van der Waals surface area contributed by atoms with Crippen LogP contribution in [0.15, 0.2) is 146 Å². The minimum Gasteiger partial charge on any atom is -0.294 e. The Hall–Kier alpha value is -5.75.